The monoisotopic (exact) mass is 535 g/mol. The van der Waals surface area contributed by atoms with Crippen LogP contribution in [0, 0.1) is 12.8 Å². The van der Waals surface area contributed by atoms with Crippen LogP contribution >= 0.6 is 15.9 Å². The summed E-state index contributed by atoms with van der Waals surface area (Å²) in [4.78, 5) is 2.08. The predicted molar refractivity (Wildman–Crippen MR) is 130 cm³/mol. The van der Waals surface area contributed by atoms with Crippen LogP contribution in [0.2, 0.25) is 0 Å². The summed E-state index contributed by atoms with van der Waals surface area (Å²) in [6, 6.07) is 11.4. The molecule has 0 radical (unpaired) electrons. The van der Waals surface area contributed by atoms with Crippen molar-refractivity contribution < 1.29 is 17.9 Å². The highest BCUT2D eigenvalue weighted by atomic mass is 79.9. The summed E-state index contributed by atoms with van der Waals surface area (Å²) in [5, 5.41) is 4.88. The number of ether oxygens (including phenoxy) is 1. The number of para-hydroxylation sites is 1. The van der Waals surface area contributed by atoms with Crippen molar-refractivity contribution in [1.82, 2.24) is 14.7 Å². The van der Waals surface area contributed by atoms with E-state index in [-0.39, 0.29) is 6.04 Å². The van der Waals surface area contributed by atoms with Crippen LogP contribution in [-0.2, 0) is 19.1 Å². The van der Waals surface area contributed by atoms with E-state index in [1.807, 2.05) is 36.7 Å². The van der Waals surface area contributed by atoms with E-state index in [9.17, 15) is 13.2 Å². The van der Waals surface area contributed by atoms with Gasteiger partial charge in [0, 0.05) is 31.1 Å². The average Bonchev–Trinajstić information content (AvgIpc) is 3.12. The molecule has 0 N–H and O–H groups in total. The number of nitrogens with zero attached hydrogens (tertiary/aromatic N) is 3. The zero-order chi connectivity index (χ0) is 24.6. The second kappa shape index (κ2) is 9.74. The minimum atomic E-state index is -4.38. The van der Waals surface area contributed by atoms with Crippen LogP contribution in [0.3, 0.4) is 0 Å². The van der Waals surface area contributed by atoms with Gasteiger partial charge in [0.15, 0.2) is 0 Å². The van der Waals surface area contributed by atoms with Gasteiger partial charge < -0.3 is 4.74 Å². The Bertz CT molecular complexity index is 1170. The number of halogens is 4. The molecule has 0 fully saturated rings. The number of hydrogen-bond acceptors (Lipinski definition) is 3. The Morgan fingerprint density at radius 1 is 1.09 bits per heavy atom. The summed E-state index contributed by atoms with van der Waals surface area (Å²) in [5.74, 6) is 1.15. The molecule has 0 saturated heterocycles. The minimum Gasteiger partial charge on any atom is -0.491 e. The molecule has 1 unspecified atom stereocenters. The molecule has 0 amide bonds. The maximum atomic E-state index is 13.6. The second-order valence-electron chi connectivity index (χ2n) is 9.24. The molecule has 2 heterocycles. The van der Waals surface area contributed by atoms with Crippen molar-refractivity contribution >= 4 is 15.9 Å². The van der Waals surface area contributed by atoms with Gasteiger partial charge in [0.1, 0.15) is 16.0 Å². The van der Waals surface area contributed by atoms with Gasteiger partial charge in [0.25, 0.3) is 0 Å². The third-order valence-electron chi connectivity index (χ3n) is 6.25. The highest BCUT2D eigenvalue weighted by Crippen LogP contribution is 2.39. The standard InChI is InChI=1S/C26H29BrF3N3O/c1-16(2)15-34-23-11-7-8-17(3)24(23)33-25(27)20-14-32(13-12-22(20)31-33)18(4)19-9-5-6-10-21(19)26(28,29)30/h5-11,16,18H,12-15H2,1-4H3. The number of aromatic nitrogens is 2. The second-order valence-corrected chi connectivity index (χ2v) is 9.99. The zero-order valence-corrected chi connectivity index (χ0v) is 21.4. The fourth-order valence-corrected chi connectivity index (χ4v) is 5.04. The van der Waals surface area contributed by atoms with Crippen molar-refractivity contribution in [1.29, 1.82) is 0 Å². The first-order valence-corrected chi connectivity index (χ1v) is 12.3. The third kappa shape index (κ3) is 4.89. The molecule has 1 atom stereocenters. The molecule has 34 heavy (non-hydrogen) atoms. The van der Waals surface area contributed by atoms with Crippen molar-refractivity contribution in [3.63, 3.8) is 0 Å². The maximum absolute atomic E-state index is 13.6. The first-order valence-electron chi connectivity index (χ1n) is 11.5. The van der Waals surface area contributed by atoms with Crippen LogP contribution in [0.25, 0.3) is 5.69 Å². The van der Waals surface area contributed by atoms with Gasteiger partial charge in [-0.05, 0) is 59.0 Å². The molecule has 0 bridgehead atoms. The maximum Gasteiger partial charge on any atom is 0.416 e. The lowest BCUT2D eigenvalue weighted by molar-refractivity contribution is -0.138. The SMILES string of the molecule is Cc1cccc(OCC(C)C)c1-n1nc2c(c1Br)CN(C(C)c1ccccc1C(F)(F)F)CC2. The first kappa shape index (κ1) is 24.8. The fourth-order valence-electron chi connectivity index (χ4n) is 4.43. The molecule has 0 saturated carbocycles. The number of hydrogen-bond donors (Lipinski definition) is 0. The van der Waals surface area contributed by atoms with Crippen LogP contribution in [-0.4, -0.2) is 27.8 Å². The van der Waals surface area contributed by atoms with E-state index in [0.29, 0.717) is 37.6 Å². The van der Waals surface area contributed by atoms with Crippen LogP contribution in [0.15, 0.2) is 47.1 Å². The van der Waals surface area contributed by atoms with Crippen molar-refractivity contribution in [2.75, 3.05) is 13.2 Å². The Hall–Kier alpha value is -2.32. The van der Waals surface area contributed by atoms with Crippen LogP contribution < -0.4 is 4.74 Å². The van der Waals surface area contributed by atoms with Gasteiger partial charge in [-0.1, -0.05) is 44.2 Å². The first-order chi connectivity index (χ1) is 16.1. The Morgan fingerprint density at radius 2 is 1.82 bits per heavy atom. The molecule has 0 aliphatic carbocycles. The smallest absolute Gasteiger partial charge is 0.416 e. The number of fused-ring (bicyclic) bond motifs is 1. The average molecular weight is 536 g/mol. The Kier molecular flexibility index (Phi) is 7.10. The molecule has 3 aromatic rings. The fraction of sp³-hybridized carbons (Fsp3) is 0.423. The van der Waals surface area contributed by atoms with Crippen molar-refractivity contribution in [3.8, 4) is 11.4 Å². The molecule has 2 aromatic carbocycles. The lowest BCUT2D eigenvalue weighted by atomic mass is 9.97. The van der Waals surface area contributed by atoms with E-state index in [1.54, 1.807) is 12.1 Å². The molecule has 1 aliphatic heterocycles. The largest absolute Gasteiger partial charge is 0.491 e. The molecule has 8 heteroatoms. The Balaban J connectivity index is 1.66. The van der Waals surface area contributed by atoms with Crippen LogP contribution in [0.1, 0.15) is 54.8 Å². The van der Waals surface area contributed by atoms with E-state index in [0.717, 1.165) is 38.9 Å². The highest BCUT2D eigenvalue weighted by molar-refractivity contribution is 9.10. The predicted octanol–water partition coefficient (Wildman–Crippen LogP) is 7.12. The normalized spacial score (nSPS) is 15.4. The Morgan fingerprint density at radius 3 is 2.53 bits per heavy atom. The summed E-state index contributed by atoms with van der Waals surface area (Å²) in [6.07, 6.45) is -3.72. The molecular weight excluding hydrogens is 507 g/mol. The highest BCUT2D eigenvalue weighted by Gasteiger charge is 2.36. The van der Waals surface area contributed by atoms with Gasteiger partial charge in [0.05, 0.1) is 17.9 Å². The van der Waals surface area contributed by atoms with E-state index in [1.165, 1.54) is 6.07 Å². The number of aryl methyl sites for hydroxylation is 1. The topological polar surface area (TPSA) is 30.3 Å². The van der Waals surface area contributed by atoms with Crippen molar-refractivity contribution in [3.05, 3.63) is 75.0 Å². The summed E-state index contributed by atoms with van der Waals surface area (Å²) < 4.78 is 49.6. The quantitative estimate of drug-likeness (QED) is 0.336. The number of benzene rings is 2. The van der Waals surface area contributed by atoms with Gasteiger partial charge in [0.2, 0.25) is 0 Å². The van der Waals surface area contributed by atoms with Crippen LogP contribution in [0.5, 0.6) is 5.75 Å². The summed E-state index contributed by atoms with van der Waals surface area (Å²) >= 11 is 3.74. The van der Waals surface area contributed by atoms with Gasteiger partial charge in [-0.3, -0.25) is 4.90 Å². The molecule has 4 rings (SSSR count). The number of alkyl halides is 3. The van der Waals surface area contributed by atoms with Gasteiger partial charge >= 0.3 is 6.18 Å². The minimum absolute atomic E-state index is 0.297. The summed E-state index contributed by atoms with van der Waals surface area (Å²) in [6.45, 7) is 9.81. The summed E-state index contributed by atoms with van der Waals surface area (Å²) in [5.41, 5.74) is 3.59. The molecular formula is C26H29BrF3N3O. The van der Waals surface area contributed by atoms with E-state index in [4.69, 9.17) is 9.84 Å². The van der Waals surface area contributed by atoms with Gasteiger partial charge in [-0.15, -0.1) is 0 Å². The lowest BCUT2D eigenvalue weighted by Crippen LogP contribution is -2.33. The van der Waals surface area contributed by atoms with Crippen molar-refractivity contribution in [2.45, 2.75) is 52.9 Å². The molecule has 1 aromatic heterocycles. The lowest BCUT2D eigenvalue weighted by Gasteiger charge is -2.33. The van der Waals surface area contributed by atoms with Gasteiger partial charge in [-0.2, -0.15) is 18.3 Å². The van der Waals surface area contributed by atoms with E-state index in [2.05, 4.69) is 34.7 Å². The molecule has 182 valence electrons. The van der Waals surface area contributed by atoms with Crippen molar-refractivity contribution in [2.24, 2.45) is 5.92 Å². The third-order valence-corrected chi connectivity index (χ3v) is 7.06. The van der Waals surface area contributed by atoms with Gasteiger partial charge in [-0.25, -0.2) is 4.68 Å². The zero-order valence-electron chi connectivity index (χ0n) is 19.8. The molecule has 0 spiro atoms. The van der Waals surface area contributed by atoms with Crippen LogP contribution in [0.4, 0.5) is 13.2 Å². The van der Waals surface area contributed by atoms with E-state index >= 15 is 0 Å². The number of rotatable bonds is 6. The van der Waals surface area contributed by atoms with E-state index < -0.39 is 11.7 Å². The summed E-state index contributed by atoms with van der Waals surface area (Å²) in [7, 11) is 0. The molecule has 1 aliphatic rings. The Labute approximate surface area is 206 Å². The molecule has 4 nitrogen and oxygen atoms in total.